The van der Waals surface area contributed by atoms with Crippen LogP contribution in [0.3, 0.4) is 0 Å². The highest BCUT2D eigenvalue weighted by Crippen LogP contribution is 2.29. The van der Waals surface area contributed by atoms with Gasteiger partial charge in [-0.1, -0.05) is 19.1 Å². The Kier molecular flexibility index (Phi) is 4.83. The van der Waals surface area contributed by atoms with E-state index in [1.54, 1.807) is 7.11 Å². The van der Waals surface area contributed by atoms with Crippen molar-refractivity contribution in [3.63, 3.8) is 0 Å². The molecule has 0 saturated carbocycles. The van der Waals surface area contributed by atoms with E-state index in [9.17, 15) is 5.11 Å². The molecule has 3 unspecified atom stereocenters. The van der Waals surface area contributed by atoms with E-state index in [0.29, 0.717) is 6.04 Å². The predicted octanol–water partition coefficient (Wildman–Crippen LogP) is 2.99. The maximum atomic E-state index is 10.5. The van der Waals surface area contributed by atoms with Crippen molar-refractivity contribution in [1.29, 1.82) is 0 Å². The smallest absolute Gasteiger partial charge is 0.118 e. The number of likely N-dealkylation sites (tertiary alicyclic amines) is 1. The van der Waals surface area contributed by atoms with Crippen molar-refractivity contribution in [3.05, 3.63) is 29.8 Å². The van der Waals surface area contributed by atoms with E-state index < -0.39 is 6.10 Å². The van der Waals surface area contributed by atoms with E-state index in [1.165, 1.54) is 19.3 Å². The van der Waals surface area contributed by atoms with Gasteiger partial charge < -0.3 is 9.84 Å². The number of methoxy groups -OCH3 is 1. The number of nitrogens with zero attached hydrogens (tertiary/aromatic N) is 1. The van der Waals surface area contributed by atoms with Crippen LogP contribution >= 0.6 is 0 Å². The summed E-state index contributed by atoms with van der Waals surface area (Å²) in [6.45, 7) is 5.46. The zero-order valence-electron chi connectivity index (χ0n) is 12.2. The lowest BCUT2D eigenvalue weighted by Crippen LogP contribution is -2.40. The molecule has 0 aromatic heterocycles. The molecule has 1 saturated heterocycles. The zero-order chi connectivity index (χ0) is 13.8. The van der Waals surface area contributed by atoms with E-state index in [4.69, 9.17) is 4.74 Å². The molecule has 1 aromatic carbocycles. The number of aliphatic hydroxyl groups is 1. The van der Waals surface area contributed by atoms with Gasteiger partial charge in [-0.3, -0.25) is 4.90 Å². The Hall–Kier alpha value is -1.06. The maximum absolute atomic E-state index is 10.5. The van der Waals surface area contributed by atoms with Gasteiger partial charge in [0.1, 0.15) is 5.75 Å². The van der Waals surface area contributed by atoms with Gasteiger partial charge in [-0.15, -0.1) is 0 Å². The Balaban J connectivity index is 2.07. The Morgan fingerprint density at radius 2 is 2.05 bits per heavy atom. The average Bonchev–Trinajstić information content (AvgIpc) is 2.94. The molecule has 1 aromatic rings. The van der Waals surface area contributed by atoms with Crippen LogP contribution in [0, 0.1) is 0 Å². The van der Waals surface area contributed by atoms with E-state index in [0.717, 1.165) is 17.9 Å². The highest BCUT2D eigenvalue weighted by atomic mass is 16.5. The average molecular weight is 263 g/mol. The molecular formula is C16H25NO2. The van der Waals surface area contributed by atoms with Gasteiger partial charge in [0.2, 0.25) is 0 Å². The van der Waals surface area contributed by atoms with Crippen LogP contribution < -0.4 is 4.74 Å². The summed E-state index contributed by atoms with van der Waals surface area (Å²) in [4.78, 5) is 2.45. The Bertz CT molecular complexity index is 390. The topological polar surface area (TPSA) is 32.7 Å². The van der Waals surface area contributed by atoms with Crippen LogP contribution in [-0.4, -0.2) is 35.7 Å². The summed E-state index contributed by atoms with van der Waals surface area (Å²) in [5.74, 6) is 0.830. The van der Waals surface area contributed by atoms with Gasteiger partial charge in [0.15, 0.2) is 0 Å². The SMILES string of the molecule is CCC1CCCN1C(C)C(O)c1ccc(OC)cc1. The molecule has 1 aliphatic rings. The van der Waals surface area contributed by atoms with E-state index in [-0.39, 0.29) is 6.04 Å². The Morgan fingerprint density at radius 3 is 2.63 bits per heavy atom. The lowest BCUT2D eigenvalue weighted by atomic mass is 10.0. The summed E-state index contributed by atoms with van der Waals surface area (Å²) >= 11 is 0. The molecule has 1 aliphatic heterocycles. The Morgan fingerprint density at radius 1 is 1.37 bits per heavy atom. The van der Waals surface area contributed by atoms with Gasteiger partial charge in [-0.2, -0.15) is 0 Å². The molecule has 2 rings (SSSR count). The summed E-state index contributed by atoms with van der Waals surface area (Å²) < 4.78 is 5.15. The highest BCUT2D eigenvalue weighted by Gasteiger charge is 2.31. The summed E-state index contributed by atoms with van der Waals surface area (Å²) in [5, 5.41) is 10.5. The molecule has 1 fully saturated rings. The van der Waals surface area contributed by atoms with Crippen LogP contribution in [0.2, 0.25) is 0 Å². The van der Waals surface area contributed by atoms with Crippen molar-refractivity contribution < 1.29 is 9.84 Å². The second-order valence-electron chi connectivity index (χ2n) is 5.40. The van der Waals surface area contributed by atoms with E-state index >= 15 is 0 Å². The second-order valence-corrected chi connectivity index (χ2v) is 5.40. The van der Waals surface area contributed by atoms with Crippen molar-refractivity contribution >= 4 is 0 Å². The monoisotopic (exact) mass is 263 g/mol. The molecule has 0 bridgehead atoms. The van der Waals surface area contributed by atoms with Crippen molar-refractivity contribution in [1.82, 2.24) is 4.90 Å². The molecule has 106 valence electrons. The predicted molar refractivity (Wildman–Crippen MR) is 77.4 cm³/mol. The van der Waals surface area contributed by atoms with Gasteiger partial charge in [0.25, 0.3) is 0 Å². The minimum absolute atomic E-state index is 0.167. The van der Waals surface area contributed by atoms with Gasteiger partial charge in [0, 0.05) is 12.1 Å². The Labute approximate surface area is 116 Å². The number of ether oxygens (including phenoxy) is 1. The van der Waals surface area contributed by atoms with Crippen LogP contribution in [0.1, 0.15) is 44.8 Å². The van der Waals surface area contributed by atoms with E-state index in [1.807, 2.05) is 24.3 Å². The third-order valence-corrected chi connectivity index (χ3v) is 4.33. The number of aliphatic hydroxyl groups excluding tert-OH is 1. The summed E-state index contributed by atoms with van der Waals surface area (Å²) in [6, 6.07) is 8.52. The largest absolute Gasteiger partial charge is 0.497 e. The van der Waals surface area contributed by atoms with Crippen LogP contribution in [-0.2, 0) is 0 Å². The fraction of sp³-hybridized carbons (Fsp3) is 0.625. The maximum Gasteiger partial charge on any atom is 0.118 e. The molecule has 0 spiro atoms. The third kappa shape index (κ3) is 3.10. The molecular weight excluding hydrogens is 238 g/mol. The molecule has 19 heavy (non-hydrogen) atoms. The lowest BCUT2D eigenvalue weighted by molar-refractivity contribution is 0.0496. The summed E-state index contributed by atoms with van der Waals surface area (Å²) in [5.41, 5.74) is 0.968. The fourth-order valence-corrected chi connectivity index (χ4v) is 3.09. The van der Waals surface area contributed by atoms with Gasteiger partial charge in [0.05, 0.1) is 13.2 Å². The standard InChI is InChI=1S/C16H25NO2/c1-4-14-6-5-11-17(14)12(2)16(18)13-7-9-15(19-3)10-8-13/h7-10,12,14,16,18H,4-6,11H2,1-3H3. The number of hydrogen-bond acceptors (Lipinski definition) is 3. The molecule has 1 N–H and O–H groups in total. The first-order chi connectivity index (χ1) is 9.17. The number of benzene rings is 1. The van der Waals surface area contributed by atoms with Crippen molar-refractivity contribution in [2.45, 2.75) is 51.3 Å². The number of hydrogen-bond donors (Lipinski definition) is 1. The zero-order valence-corrected chi connectivity index (χ0v) is 12.2. The normalized spacial score (nSPS) is 23.3. The number of rotatable bonds is 5. The molecule has 0 amide bonds. The van der Waals surface area contributed by atoms with Crippen LogP contribution in [0.5, 0.6) is 5.75 Å². The van der Waals surface area contributed by atoms with E-state index in [2.05, 4.69) is 18.7 Å². The van der Waals surface area contributed by atoms with Gasteiger partial charge >= 0.3 is 0 Å². The fourth-order valence-electron chi connectivity index (χ4n) is 3.09. The second kappa shape index (κ2) is 6.40. The lowest BCUT2D eigenvalue weighted by Gasteiger charge is -2.33. The molecule has 0 radical (unpaired) electrons. The van der Waals surface area contributed by atoms with Gasteiger partial charge in [-0.25, -0.2) is 0 Å². The van der Waals surface area contributed by atoms with Crippen LogP contribution in [0.25, 0.3) is 0 Å². The van der Waals surface area contributed by atoms with Crippen LogP contribution in [0.4, 0.5) is 0 Å². The molecule has 1 heterocycles. The molecule has 3 nitrogen and oxygen atoms in total. The summed E-state index contributed by atoms with van der Waals surface area (Å²) in [7, 11) is 1.66. The van der Waals surface area contributed by atoms with Crippen molar-refractivity contribution in [2.75, 3.05) is 13.7 Å². The van der Waals surface area contributed by atoms with Crippen molar-refractivity contribution in [2.24, 2.45) is 0 Å². The first-order valence-corrected chi connectivity index (χ1v) is 7.25. The quantitative estimate of drug-likeness (QED) is 0.886. The minimum atomic E-state index is -0.432. The van der Waals surface area contributed by atoms with Gasteiger partial charge in [-0.05, 0) is 50.4 Å². The molecule has 3 atom stereocenters. The first kappa shape index (κ1) is 14.4. The highest BCUT2D eigenvalue weighted by molar-refractivity contribution is 5.29. The minimum Gasteiger partial charge on any atom is -0.497 e. The third-order valence-electron chi connectivity index (χ3n) is 4.33. The van der Waals surface area contributed by atoms with Crippen molar-refractivity contribution in [3.8, 4) is 5.75 Å². The molecule has 3 heteroatoms. The molecule has 0 aliphatic carbocycles. The summed E-state index contributed by atoms with van der Waals surface area (Å²) in [6.07, 6.45) is 3.24. The first-order valence-electron chi connectivity index (χ1n) is 7.25. The van der Waals surface area contributed by atoms with Crippen LogP contribution in [0.15, 0.2) is 24.3 Å².